The van der Waals surface area contributed by atoms with Gasteiger partial charge in [-0.15, -0.1) is 12.4 Å². The van der Waals surface area contributed by atoms with E-state index in [1.165, 1.54) is 6.42 Å². The summed E-state index contributed by atoms with van der Waals surface area (Å²) in [4.78, 5) is 0. The third kappa shape index (κ3) is 10.7. The van der Waals surface area contributed by atoms with Gasteiger partial charge in [0.05, 0.1) is 0 Å². The van der Waals surface area contributed by atoms with Crippen LogP contribution in [0.5, 0.6) is 0 Å². The van der Waals surface area contributed by atoms with Crippen LogP contribution in [0, 0.1) is 0 Å². The van der Waals surface area contributed by atoms with Crippen molar-refractivity contribution in [2.75, 3.05) is 6.54 Å². The summed E-state index contributed by atoms with van der Waals surface area (Å²) in [6, 6.07) is 0. The minimum absolute atomic E-state index is 0. The van der Waals surface area contributed by atoms with Gasteiger partial charge in [0.1, 0.15) is 0 Å². The molecule has 0 atom stereocenters. The van der Waals surface area contributed by atoms with Gasteiger partial charge < -0.3 is 5.32 Å². The molecule has 0 aromatic heterocycles. The Bertz CT molecular complexity index is 37.1. The summed E-state index contributed by atoms with van der Waals surface area (Å²) < 4.78 is 0. The fraction of sp³-hybridized carbons (Fsp3) is 0.600. The van der Waals surface area contributed by atoms with Crippen LogP contribution >= 0.6 is 12.4 Å². The Kier molecular flexibility index (Phi) is 13.2. The van der Waals surface area contributed by atoms with Crippen molar-refractivity contribution in [1.82, 2.24) is 5.32 Å². The molecule has 0 bridgehead atoms. The summed E-state index contributed by atoms with van der Waals surface area (Å²) in [5.74, 6) is 0. The highest BCUT2D eigenvalue weighted by Crippen LogP contribution is 1.65. The Labute approximate surface area is 51.2 Å². The molecule has 0 spiro atoms. The van der Waals surface area contributed by atoms with Gasteiger partial charge in [0.2, 0.25) is 0 Å². The molecule has 0 unspecified atom stereocenters. The Hall–Kier alpha value is -0.170. The molecule has 0 aromatic carbocycles. The van der Waals surface area contributed by atoms with Crippen LogP contribution in [0.2, 0.25) is 0 Å². The first-order valence-electron chi connectivity index (χ1n) is 2.26. The fourth-order valence-corrected chi connectivity index (χ4v) is 0.246. The summed E-state index contributed by atoms with van der Waals surface area (Å²) in [6.07, 6.45) is 2.88. The van der Waals surface area contributed by atoms with Gasteiger partial charge in [-0.25, -0.2) is 0 Å². The van der Waals surface area contributed by atoms with E-state index in [9.17, 15) is 0 Å². The maximum atomic E-state index is 3.49. The smallest absolute Gasteiger partial charge is 0.0138 e. The number of hydrogen-bond acceptors (Lipinski definition) is 1. The van der Waals surface area contributed by atoms with Crippen LogP contribution in [0.3, 0.4) is 0 Å². The topological polar surface area (TPSA) is 12.0 Å². The molecule has 0 heterocycles. The molecule has 0 rings (SSSR count). The van der Waals surface area contributed by atoms with Gasteiger partial charge in [-0.2, -0.15) is 0 Å². The normalized spacial score (nSPS) is 6.43. The zero-order chi connectivity index (χ0) is 4.83. The minimum Gasteiger partial charge on any atom is -0.391 e. The first-order chi connectivity index (χ1) is 2.91. The van der Waals surface area contributed by atoms with Crippen molar-refractivity contribution in [3.8, 4) is 0 Å². The third-order valence-electron chi connectivity index (χ3n) is 0.539. The molecule has 0 amide bonds. The highest BCUT2D eigenvalue weighted by molar-refractivity contribution is 5.85. The lowest BCUT2D eigenvalue weighted by atomic mass is 10.5. The maximum absolute atomic E-state index is 3.49. The quantitative estimate of drug-likeness (QED) is 0.559. The molecule has 44 valence electrons. The summed E-state index contributed by atoms with van der Waals surface area (Å²) in [6.45, 7) is 6.65. The predicted molar refractivity (Wildman–Crippen MR) is 35.7 cm³/mol. The van der Waals surface area contributed by atoms with Gasteiger partial charge in [-0.3, -0.25) is 0 Å². The molecule has 7 heavy (non-hydrogen) atoms. The molecule has 0 aliphatic carbocycles. The fourth-order valence-electron chi connectivity index (χ4n) is 0.246. The number of nitrogens with one attached hydrogen (secondary N) is 1. The molecule has 1 nitrogen and oxygen atoms in total. The number of rotatable bonds is 3. The zero-order valence-electron chi connectivity index (χ0n) is 4.61. The second kappa shape index (κ2) is 9.27. The predicted octanol–water partition coefficient (Wildman–Crippen LogP) is 1.55. The van der Waals surface area contributed by atoms with E-state index < -0.39 is 0 Å². The van der Waals surface area contributed by atoms with Crippen LogP contribution in [0.25, 0.3) is 0 Å². The summed E-state index contributed by atoms with van der Waals surface area (Å²) in [7, 11) is 0. The first-order valence-corrected chi connectivity index (χ1v) is 2.26. The van der Waals surface area contributed by atoms with Crippen LogP contribution in [0.4, 0.5) is 0 Å². The van der Waals surface area contributed by atoms with E-state index in [0.29, 0.717) is 0 Å². The number of halogens is 1. The van der Waals surface area contributed by atoms with Crippen molar-refractivity contribution < 1.29 is 0 Å². The van der Waals surface area contributed by atoms with Gasteiger partial charge >= 0.3 is 0 Å². The van der Waals surface area contributed by atoms with E-state index in [1.807, 2.05) is 0 Å². The lowest BCUT2D eigenvalue weighted by molar-refractivity contribution is 0.811. The van der Waals surface area contributed by atoms with Crippen LogP contribution in [0.1, 0.15) is 13.3 Å². The SMILES string of the molecule is C=CNCCC.Cl. The Balaban J connectivity index is 0. The van der Waals surface area contributed by atoms with E-state index >= 15 is 0 Å². The monoisotopic (exact) mass is 121 g/mol. The second-order valence-corrected chi connectivity index (χ2v) is 1.16. The molecule has 0 saturated carbocycles. The average Bonchev–Trinajstić information content (AvgIpc) is 1.61. The molecular weight excluding hydrogens is 110 g/mol. The number of hydrogen-bond donors (Lipinski definition) is 1. The van der Waals surface area contributed by atoms with Crippen molar-refractivity contribution in [2.24, 2.45) is 0 Å². The van der Waals surface area contributed by atoms with E-state index in [2.05, 4.69) is 18.8 Å². The van der Waals surface area contributed by atoms with E-state index in [4.69, 9.17) is 0 Å². The highest BCUT2D eigenvalue weighted by atomic mass is 35.5. The molecule has 0 fully saturated rings. The average molecular weight is 122 g/mol. The Morgan fingerprint density at radius 2 is 2.29 bits per heavy atom. The molecule has 0 aliphatic rings. The molecule has 1 N–H and O–H groups in total. The largest absolute Gasteiger partial charge is 0.391 e. The third-order valence-corrected chi connectivity index (χ3v) is 0.539. The summed E-state index contributed by atoms with van der Waals surface area (Å²) in [5.41, 5.74) is 0. The van der Waals surface area contributed by atoms with E-state index in [-0.39, 0.29) is 12.4 Å². The van der Waals surface area contributed by atoms with Gasteiger partial charge in [0.25, 0.3) is 0 Å². The standard InChI is InChI=1S/C5H11N.ClH/c1-3-5-6-4-2;/h4,6H,2-3,5H2,1H3;1H. The van der Waals surface area contributed by atoms with E-state index in [1.54, 1.807) is 6.20 Å². The van der Waals surface area contributed by atoms with E-state index in [0.717, 1.165) is 6.54 Å². The van der Waals surface area contributed by atoms with Crippen molar-refractivity contribution in [3.05, 3.63) is 12.8 Å². The van der Waals surface area contributed by atoms with Crippen molar-refractivity contribution in [2.45, 2.75) is 13.3 Å². The summed E-state index contributed by atoms with van der Waals surface area (Å²) in [5, 5.41) is 2.96. The van der Waals surface area contributed by atoms with Crippen molar-refractivity contribution in [1.29, 1.82) is 0 Å². The van der Waals surface area contributed by atoms with Gasteiger partial charge in [0.15, 0.2) is 0 Å². The van der Waals surface area contributed by atoms with Gasteiger partial charge in [-0.1, -0.05) is 13.5 Å². The maximum Gasteiger partial charge on any atom is 0.0138 e. The molecule has 2 heteroatoms. The Morgan fingerprint density at radius 1 is 1.71 bits per heavy atom. The summed E-state index contributed by atoms with van der Waals surface area (Å²) >= 11 is 0. The molecule has 0 aliphatic heterocycles. The second-order valence-electron chi connectivity index (χ2n) is 1.16. The van der Waals surface area contributed by atoms with Crippen molar-refractivity contribution >= 4 is 12.4 Å². The van der Waals surface area contributed by atoms with Crippen LogP contribution < -0.4 is 5.32 Å². The zero-order valence-corrected chi connectivity index (χ0v) is 5.42. The lowest BCUT2D eigenvalue weighted by Gasteiger charge is -1.89. The molecule has 0 saturated heterocycles. The van der Waals surface area contributed by atoms with Crippen LogP contribution in [0.15, 0.2) is 12.8 Å². The molecular formula is C5H12ClN. The van der Waals surface area contributed by atoms with Gasteiger partial charge in [-0.05, 0) is 12.6 Å². The minimum atomic E-state index is 0. The molecule has 0 radical (unpaired) electrons. The van der Waals surface area contributed by atoms with Crippen LogP contribution in [-0.4, -0.2) is 6.54 Å². The Morgan fingerprint density at radius 3 is 2.43 bits per heavy atom. The molecule has 0 aromatic rings. The van der Waals surface area contributed by atoms with Crippen molar-refractivity contribution in [3.63, 3.8) is 0 Å². The lowest BCUT2D eigenvalue weighted by Crippen LogP contribution is -2.03. The van der Waals surface area contributed by atoms with Gasteiger partial charge in [0, 0.05) is 6.54 Å². The first kappa shape index (κ1) is 9.95. The van der Waals surface area contributed by atoms with Crippen LogP contribution in [-0.2, 0) is 0 Å². The highest BCUT2D eigenvalue weighted by Gasteiger charge is 1.66.